The van der Waals surface area contributed by atoms with Crippen LogP contribution < -0.4 is 0 Å². The Kier molecular flexibility index (Phi) is 3.72. The Morgan fingerprint density at radius 1 is 1.13 bits per heavy atom. The maximum Gasteiger partial charge on any atom is 0.395 e. The van der Waals surface area contributed by atoms with Crippen LogP contribution in [0.3, 0.4) is 0 Å². The predicted molar refractivity (Wildman–Crippen MR) is 50.1 cm³/mol. The van der Waals surface area contributed by atoms with Crippen molar-refractivity contribution in [1.82, 2.24) is 0 Å². The Labute approximate surface area is 85.9 Å². The topological polar surface area (TPSA) is 0 Å². The van der Waals surface area contributed by atoms with Gasteiger partial charge in [0.2, 0.25) is 0 Å². The van der Waals surface area contributed by atoms with Crippen molar-refractivity contribution in [2.75, 3.05) is 0 Å². The van der Waals surface area contributed by atoms with Gasteiger partial charge < -0.3 is 0 Å². The smallest absolute Gasteiger partial charge is 0.207 e. The molecule has 0 amide bonds. The minimum atomic E-state index is -4.26. The Balaban J connectivity index is 2.94. The highest BCUT2D eigenvalue weighted by molar-refractivity contribution is 5.21. The Hall–Kier alpha value is -1.06. The van der Waals surface area contributed by atoms with Crippen LogP contribution in [0.2, 0.25) is 0 Å². The average Bonchev–Trinajstić information content (AvgIpc) is 2.14. The summed E-state index contributed by atoms with van der Waals surface area (Å²) in [5.41, 5.74) is 0.130. The molecule has 0 nitrogen and oxygen atoms in total. The fraction of sp³-hybridized carbons (Fsp3) is 0.455. The van der Waals surface area contributed by atoms with Gasteiger partial charge in [0.05, 0.1) is 5.92 Å². The highest BCUT2D eigenvalue weighted by Crippen LogP contribution is 2.38. The van der Waals surface area contributed by atoms with Crippen LogP contribution in [0.4, 0.5) is 17.6 Å². The van der Waals surface area contributed by atoms with Gasteiger partial charge in [0, 0.05) is 0 Å². The maximum absolute atomic E-state index is 12.6. The highest BCUT2D eigenvalue weighted by Gasteiger charge is 2.39. The van der Waals surface area contributed by atoms with Crippen molar-refractivity contribution in [2.45, 2.75) is 31.9 Å². The van der Waals surface area contributed by atoms with Crippen molar-refractivity contribution >= 4 is 0 Å². The molecule has 0 bridgehead atoms. The van der Waals surface area contributed by atoms with Crippen molar-refractivity contribution in [1.29, 1.82) is 0 Å². The minimum absolute atomic E-state index is 0.0368. The second kappa shape index (κ2) is 4.64. The molecule has 0 heterocycles. The van der Waals surface area contributed by atoms with E-state index in [-0.39, 0.29) is 12.0 Å². The Morgan fingerprint density at radius 3 is 2.07 bits per heavy atom. The van der Waals surface area contributed by atoms with Gasteiger partial charge in [0.1, 0.15) is 5.82 Å². The molecule has 0 spiro atoms. The number of halogens is 4. The van der Waals surface area contributed by atoms with Crippen molar-refractivity contribution in [2.24, 2.45) is 0 Å². The van der Waals surface area contributed by atoms with Crippen molar-refractivity contribution in [3.8, 4) is 0 Å². The number of hydrogen-bond acceptors (Lipinski definition) is 0. The van der Waals surface area contributed by atoms with Gasteiger partial charge in [-0.2, -0.15) is 13.2 Å². The fourth-order valence-corrected chi connectivity index (χ4v) is 1.50. The van der Waals surface area contributed by atoms with Crippen LogP contribution in [0, 0.1) is 5.82 Å². The summed E-state index contributed by atoms with van der Waals surface area (Å²) in [5, 5.41) is 0. The second-order valence-corrected chi connectivity index (χ2v) is 3.43. The van der Waals surface area contributed by atoms with Crippen LogP contribution in [0.15, 0.2) is 24.3 Å². The second-order valence-electron chi connectivity index (χ2n) is 3.43. The molecule has 0 aromatic heterocycles. The summed E-state index contributed by atoms with van der Waals surface area (Å²) >= 11 is 0. The van der Waals surface area contributed by atoms with Gasteiger partial charge in [-0.25, -0.2) is 4.39 Å². The molecule has 1 atom stereocenters. The van der Waals surface area contributed by atoms with Crippen molar-refractivity contribution < 1.29 is 17.6 Å². The molecule has 0 aliphatic rings. The molecule has 15 heavy (non-hydrogen) atoms. The molecule has 84 valence electrons. The van der Waals surface area contributed by atoms with E-state index >= 15 is 0 Å². The van der Waals surface area contributed by atoms with Gasteiger partial charge in [-0.05, 0) is 24.1 Å². The lowest BCUT2D eigenvalue weighted by molar-refractivity contribution is -0.152. The van der Waals surface area contributed by atoms with Gasteiger partial charge in [-0.15, -0.1) is 0 Å². The lowest BCUT2D eigenvalue weighted by atomic mass is 9.94. The van der Waals surface area contributed by atoms with Gasteiger partial charge >= 0.3 is 6.18 Å². The number of alkyl halides is 3. The van der Waals surface area contributed by atoms with Gasteiger partial charge in [-0.1, -0.05) is 25.5 Å². The van der Waals surface area contributed by atoms with Crippen LogP contribution in [0.25, 0.3) is 0 Å². The summed E-state index contributed by atoms with van der Waals surface area (Å²) in [6, 6.07) is 4.51. The predicted octanol–water partition coefficient (Wildman–Crippen LogP) is 4.27. The normalized spacial score (nSPS) is 13.9. The molecule has 1 unspecified atom stereocenters. The van der Waals surface area contributed by atoms with Crippen LogP contribution >= 0.6 is 0 Å². The fourth-order valence-electron chi connectivity index (χ4n) is 1.50. The lowest BCUT2D eigenvalue weighted by Gasteiger charge is -2.19. The third-order valence-corrected chi connectivity index (χ3v) is 2.24. The summed E-state index contributed by atoms with van der Waals surface area (Å²) < 4.78 is 50.3. The first-order valence-electron chi connectivity index (χ1n) is 4.77. The van der Waals surface area contributed by atoms with E-state index in [4.69, 9.17) is 0 Å². The maximum atomic E-state index is 12.6. The van der Waals surface area contributed by atoms with Crippen LogP contribution in [-0.4, -0.2) is 6.18 Å². The van der Waals surface area contributed by atoms with Gasteiger partial charge in [0.15, 0.2) is 0 Å². The first kappa shape index (κ1) is 12.0. The summed E-state index contributed by atoms with van der Waals surface area (Å²) in [6.07, 6.45) is -3.77. The molecule has 0 fully saturated rings. The van der Waals surface area contributed by atoms with Gasteiger partial charge in [-0.3, -0.25) is 0 Å². The molecular weight excluding hydrogens is 208 g/mol. The van der Waals surface area contributed by atoms with E-state index < -0.39 is 17.9 Å². The van der Waals surface area contributed by atoms with E-state index in [1.54, 1.807) is 6.92 Å². The van der Waals surface area contributed by atoms with Crippen LogP contribution in [0.1, 0.15) is 31.2 Å². The molecule has 1 aromatic rings. The summed E-state index contributed by atoms with van der Waals surface area (Å²) in [4.78, 5) is 0. The molecule has 0 saturated heterocycles. The third-order valence-electron chi connectivity index (χ3n) is 2.24. The Bertz CT molecular complexity index is 299. The van der Waals surface area contributed by atoms with E-state index in [9.17, 15) is 17.6 Å². The van der Waals surface area contributed by atoms with Crippen molar-refractivity contribution in [3.05, 3.63) is 35.6 Å². The SMILES string of the molecule is CCCC(c1ccc(F)cc1)C(F)(F)F. The molecule has 0 radical (unpaired) electrons. The van der Waals surface area contributed by atoms with E-state index in [1.165, 1.54) is 12.1 Å². The minimum Gasteiger partial charge on any atom is -0.207 e. The zero-order valence-electron chi connectivity index (χ0n) is 8.31. The summed E-state index contributed by atoms with van der Waals surface area (Å²) in [5.74, 6) is -2.00. The van der Waals surface area contributed by atoms with E-state index in [1.807, 2.05) is 0 Å². The van der Waals surface area contributed by atoms with E-state index in [2.05, 4.69) is 0 Å². The zero-order valence-corrected chi connectivity index (χ0v) is 8.31. The average molecular weight is 220 g/mol. The standard InChI is InChI=1S/C11H12F4/c1-2-3-10(11(13,14)15)8-4-6-9(12)7-5-8/h4-7,10H,2-3H2,1H3. The van der Waals surface area contributed by atoms with Crippen molar-refractivity contribution in [3.63, 3.8) is 0 Å². The van der Waals surface area contributed by atoms with Crippen LogP contribution in [0.5, 0.6) is 0 Å². The first-order chi connectivity index (χ1) is 6.95. The molecule has 0 aliphatic carbocycles. The van der Waals surface area contributed by atoms with Crippen LogP contribution in [-0.2, 0) is 0 Å². The monoisotopic (exact) mass is 220 g/mol. The largest absolute Gasteiger partial charge is 0.395 e. The number of rotatable bonds is 3. The molecule has 1 aromatic carbocycles. The first-order valence-corrected chi connectivity index (χ1v) is 4.77. The summed E-state index contributed by atoms with van der Waals surface area (Å²) in [6.45, 7) is 1.70. The summed E-state index contributed by atoms with van der Waals surface area (Å²) in [7, 11) is 0. The molecule has 0 N–H and O–H groups in total. The zero-order chi connectivity index (χ0) is 11.5. The van der Waals surface area contributed by atoms with Gasteiger partial charge in [0.25, 0.3) is 0 Å². The molecule has 0 saturated carbocycles. The molecule has 4 heteroatoms. The highest BCUT2D eigenvalue weighted by atomic mass is 19.4. The number of hydrogen-bond donors (Lipinski definition) is 0. The Morgan fingerprint density at radius 2 is 1.67 bits per heavy atom. The lowest BCUT2D eigenvalue weighted by Crippen LogP contribution is -2.20. The third kappa shape index (κ3) is 3.22. The van der Waals surface area contributed by atoms with E-state index in [0.717, 1.165) is 12.1 Å². The molecular formula is C11H12F4. The number of benzene rings is 1. The molecule has 0 aliphatic heterocycles. The molecule has 1 rings (SSSR count). The van der Waals surface area contributed by atoms with E-state index in [0.29, 0.717) is 6.42 Å². The quantitative estimate of drug-likeness (QED) is 0.667.